The second-order valence-corrected chi connectivity index (χ2v) is 11.5. The van der Waals surface area contributed by atoms with Crippen molar-refractivity contribution in [3.63, 3.8) is 0 Å². The van der Waals surface area contributed by atoms with Crippen LogP contribution in [0.3, 0.4) is 0 Å². The molecule has 1 atom stereocenters. The molecule has 0 spiro atoms. The van der Waals surface area contributed by atoms with Crippen molar-refractivity contribution in [2.45, 2.75) is 12.5 Å². The van der Waals surface area contributed by atoms with Gasteiger partial charge < -0.3 is 30.3 Å². The van der Waals surface area contributed by atoms with Gasteiger partial charge in [0.15, 0.2) is 6.61 Å². The Morgan fingerprint density at radius 3 is 2.28 bits per heavy atom. The fraction of sp³-hybridized carbons (Fsp3) is 0.206. The van der Waals surface area contributed by atoms with Gasteiger partial charge in [0.05, 0.1) is 35.5 Å². The molecule has 2 heterocycles. The van der Waals surface area contributed by atoms with E-state index in [1.807, 2.05) is 22.4 Å². The number of piperazine rings is 1. The number of rotatable bonds is 11. The maximum atomic E-state index is 13.3. The van der Waals surface area contributed by atoms with Gasteiger partial charge in [-0.05, 0) is 66.0 Å². The van der Waals surface area contributed by atoms with Crippen LogP contribution < -0.4 is 20.3 Å². The van der Waals surface area contributed by atoms with Crippen LogP contribution in [-0.2, 0) is 9.59 Å². The summed E-state index contributed by atoms with van der Waals surface area (Å²) in [6, 6.07) is 25.2. The lowest BCUT2D eigenvalue weighted by Crippen LogP contribution is -2.49. The Hall–Kier alpha value is -5.67. The molecule has 234 valence electrons. The molecule has 1 fully saturated rings. The lowest BCUT2D eigenvalue weighted by Gasteiger charge is -2.37. The molecule has 0 radical (unpaired) electrons. The van der Waals surface area contributed by atoms with E-state index in [0.717, 1.165) is 0 Å². The van der Waals surface area contributed by atoms with E-state index in [1.54, 1.807) is 83.8 Å². The van der Waals surface area contributed by atoms with Gasteiger partial charge in [-0.25, -0.2) is 0 Å². The van der Waals surface area contributed by atoms with Crippen molar-refractivity contribution in [1.29, 1.82) is 5.26 Å². The second-order valence-electron chi connectivity index (χ2n) is 10.5. The summed E-state index contributed by atoms with van der Waals surface area (Å²) in [5.74, 6) is -1.56. The molecular formula is C34H31N5O6S. The smallest absolute Gasteiger partial charge is 0.305 e. The van der Waals surface area contributed by atoms with Crippen LogP contribution in [-0.4, -0.2) is 66.5 Å². The number of nitrogens with one attached hydrogen (secondary N) is 2. The Morgan fingerprint density at radius 2 is 1.63 bits per heavy atom. The molecule has 0 bridgehead atoms. The van der Waals surface area contributed by atoms with Crippen molar-refractivity contribution in [3.8, 4) is 11.8 Å². The van der Waals surface area contributed by atoms with Crippen molar-refractivity contribution >= 4 is 46.4 Å². The van der Waals surface area contributed by atoms with Gasteiger partial charge >= 0.3 is 5.97 Å². The molecule has 3 N–H and O–H groups in total. The third kappa shape index (κ3) is 8.08. The number of hydrogen-bond acceptors (Lipinski definition) is 8. The normalized spacial score (nSPS) is 13.3. The topological polar surface area (TPSA) is 152 Å². The lowest BCUT2D eigenvalue weighted by molar-refractivity contribution is -0.137. The van der Waals surface area contributed by atoms with E-state index in [2.05, 4.69) is 10.6 Å². The maximum absolute atomic E-state index is 13.3. The van der Waals surface area contributed by atoms with Crippen LogP contribution >= 0.6 is 11.3 Å². The highest BCUT2D eigenvalue weighted by Gasteiger charge is 2.26. The van der Waals surface area contributed by atoms with E-state index in [0.29, 0.717) is 59.3 Å². The number of carboxylic acid groups (broad SMARTS) is 1. The van der Waals surface area contributed by atoms with Gasteiger partial charge in [0.1, 0.15) is 5.75 Å². The first-order valence-corrected chi connectivity index (χ1v) is 15.4. The number of aliphatic carboxylic acids is 1. The van der Waals surface area contributed by atoms with Gasteiger partial charge in [-0.2, -0.15) is 5.26 Å². The number of thiophene rings is 1. The number of carbonyl (C=O) groups is 4. The highest BCUT2D eigenvalue weighted by Crippen LogP contribution is 2.30. The van der Waals surface area contributed by atoms with Crippen molar-refractivity contribution in [2.24, 2.45) is 0 Å². The quantitative estimate of drug-likeness (QED) is 0.217. The first-order chi connectivity index (χ1) is 22.3. The first-order valence-electron chi connectivity index (χ1n) is 14.5. The van der Waals surface area contributed by atoms with Crippen molar-refractivity contribution in [2.75, 3.05) is 43.0 Å². The minimum absolute atomic E-state index is 0.135. The molecule has 0 aliphatic carbocycles. The Morgan fingerprint density at radius 1 is 0.913 bits per heavy atom. The molecule has 0 saturated carbocycles. The number of amides is 3. The van der Waals surface area contributed by atoms with Gasteiger partial charge in [0.25, 0.3) is 17.7 Å². The van der Waals surface area contributed by atoms with Crippen LogP contribution in [0.1, 0.15) is 43.6 Å². The molecule has 1 unspecified atom stereocenters. The average molecular weight is 638 g/mol. The standard InChI is InChI=1S/C34H31N5O6S/c35-21-23-8-10-24(11-9-23)34(44)39-16-14-38(15-17-39)29-13-12-25(33(43)37-28(20-32(41)42)30-7-4-18-46-30)19-27(29)36-31(40)22-45-26-5-2-1-3-6-26/h1-13,18-19,28H,14-17,20,22H2,(H,36,40)(H,37,43)(H,41,42). The number of carbonyl (C=O) groups excluding carboxylic acids is 3. The number of carboxylic acids is 1. The Bertz CT molecular complexity index is 1730. The van der Waals surface area contributed by atoms with Crippen molar-refractivity contribution in [3.05, 3.63) is 112 Å². The number of ether oxygens (including phenoxy) is 1. The fourth-order valence-electron chi connectivity index (χ4n) is 5.05. The highest BCUT2D eigenvalue weighted by molar-refractivity contribution is 7.10. The van der Waals surface area contributed by atoms with E-state index in [1.165, 1.54) is 11.3 Å². The number of benzene rings is 3. The summed E-state index contributed by atoms with van der Waals surface area (Å²) >= 11 is 1.35. The van der Waals surface area contributed by atoms with E-state index >= 15 is 0 Å². The predicted molar refractivity (Wildman–Crippen MR) is 173 cm³/mol. The van der Waals surface area contributed by atoms with Crippen LogP contribution in [0, 0.1) is 11.3 Å². The monoisotopic (exact) mass is 637 g/mol. The molecule has 1 saturated heterocycles. The Kier molecular flexibility index (Phi) is 10.3. The highest BCUT2D eigenvalue weighted by atomic mass is 32.1. The van der Waals surface area contributed by atoms with Crippen molar-refractivity contribution < 1.29 is 29.0 Å². The summed E-state index contributed by atoms with van der Waals surface area (Å²) in [4.78, 5) is 55.4. The minimum Gasteiger partial charge on any atom is -0.484 e. The summed E-state index contributed by atoms with van der Waals surface area (Å²) in [6.45, 7) is 1.52. The molecule has 3 aromatic carbocycles. The molecule has 1 aliphatic heterocycles. The zero-order valence-electron chi connectivity index (χ0n) is 24.7. The Balaban J connectivity index is 1.33. The average Bonchev–Trinajstić information content (AvgIpc) is 3.62. The zero-order chi connectivity index (χ0) is 32.5. The van der Waals surface area contributed by atoms with Gasteiger partial charge in [0, 0.05) is 42.2 Å². The van der Waals surface area contributed by atoms with Gasteiger partial charge in [-0.15, -0.1) is 11.3 Å². The fourth-order valence-corrected chi connectivity index (χ4v) is 5.83. The minimum atomic E-state index is -1.04. The van der Waals surface area contributed by atoms with Crippen LogP contribution in [0.25, 0.3) is 0 Å². The second kappa shape index (κ2) is 14.9. The van der Waals surface area contributed by atoms with Crippen LogP contribution in [0.5, 0.6) is 5.75 Å². The summed E-state index contributed by atoms with van der Waals surface area (Å²) < 4.78 is 5.61. The molecular weight excluding hydrogens is 606 g/mol. The van der Waals surface area contributed by atoms with Crippen LogP contribution in [0.15, 0.2) is 90.3 Å². The van der Waals surface area contributed by atoms with Crippen LogP contribution in [0.2, 0.25) is 0 Å². The molecule has 1 aromatic heterocycles. The van der Waals surface area contributed by atoms with Crippen molar-refractivity contribution in [1.82, 2.24) is 10.2 Å². The van der Waals surface area contributed by atoms with E-state index in [-0.39, 0.29) is 24.5 Å². The molecule has 12 heteroatoms. The lowest BCUT2D eigenvalue weighted by atomic mass is 10.1. The predicted octanol–water partition coefficient (Wildman–Crippen LogP) is 4.55. The summed E-state index contributed by atoms with van der Waals surface area (Å²) in [5.41, 5.74) is 2.26. The molecule has 1 aliphatic rings. The number of hydrogen-bond donors (Lipinski definition) is 3. The first kappa shape index (κ1) is 31.7. The number of nitriles is 1. The molecule has 5 rings (SSSR count). The maximum Gasteiger partial charge on any atom is 0.305 e. The van der Waals surface area contributed by atoms with E-state index < -0.39 is 23.8 Å². The molecule has 11 nitrogen and oxygen atoms in total. The largest absolute Gasteiger partial charge is 0.484 e. The Labute approximate surface area is 269 Å². The van der Waals surface area contributed by atoms with E-state index in [9.17, 15) is 24.3 Å². The van der Waals surface area contributed by atoms with Crippen LogP contribution in [0.4, 0.5) is 11.4 Å². The molecule has 3 amide bonds. The SMILES string of the molecule is N#Cc1ccc(C(=O)N2CCN(c3ccc(C(=O)NC(CC(=O)O)c4cccs4)cc3NC(=O)COc3ccccc3)CC2)cc1. The summed E-state index contributed by atoms with van der Waals surface area (Å²) in [6.07, 6.45) is -0.282. The number of nitrogens with zero attached hydrogens (tertiary/aromatic N) is 3. The number of para-hydroxylation sites is 1. The zero-order valence-corrected chi connectivity index (χ0v) is 25.5. The van der Waals surface area contributed by atoms with Gasteiger partial charge in [-0.1, -0.05) is 24.3 Å². The third-order valence-corrected chi connectivity index (χ3v) is 8.37. The van der Waals surface area contributed by atoms with E-state index in [4.69, 9.17) is 10.00 Å². The van der Waals surface area contributed by atoms with Gasteiger partial charge in [-0.3, -0.25) is 19.2 Å². The summed E-state index contributed by atoms with van der Waals surface area (Å²) in [5, 5.41) is 26.0. The molecule has 4 aromatic rings. The molecule has 46 heavy (non-hydrogen) atoms. The van der Waals surface area contributed by atoms with Gasteiger partial charge in [0.2, 0.25) is 0 Å². The summed E-state index contributed by atoms with van der Waals surface area (Å²) in [7, 11) is 0. The third-order valence-electron chi connectivity index (χ3n) is 7.39. The number of anilines is 2.